The summed E-state index contributed by atoms with van der Waals surface area (Å²) in [5.41, 5.74) is 0.319. The second-order valence-corrected chi connectivity index (χ2v) is 3.43. The van der Waals surface area contributed by atoms with Crippen LogP contribution in [0.25, 0.3) is 0 Å². The highest BCUT2D eigenvalue weighted by Crippen LogP contribution is 2.16. The molecule has 15 heavy (non-hydrogen) atoms. The molecule has 0 radical (unpaired) electrons. The fraction of sp³-hybridized carbons (Fsp3) is 0.500. The molecule has 0 amide bonds. The van der Waals surface area contributed by atoms with E-state index in [0.717, 1.165) is 19.4 Å². The summed E-state index contributed by atoms with van der Waals surface area (Å²) in [4.78, 5) is 20.0. The lowest BCUT2D eigenvalue weighted by atomic mass is 10.1. The van der Waals surface area contributed by atoms with Crippen LogP contribution in [0, 0.1) is 0 Å². The fourth-order valence-electron chi connectivity index (χ4n) is 1.72. The van der Waals surface area contributed by atoms with Gasteiger partial charge in [0.15, 0.2) is 5.69 Å². The minimum atomic E-state index is -0.129. The summed E-state index contributed by atoms with van der Waals surface area (Å²) < 4.78 is 5.00. The quantitative estimate of drug-likeness (QED) is 0.728. The molecule has 5 heteroatoms. The highest BCUT2D eigenvalue weighted by molar-refractivity contribution is 6.00. The molecule has 1 atom stereocenters. The fourth-order valence-corrected chi connectivity index (χ4v) is 1.72. The Morgan fingerprint density at radius 3 is 3.00 bits per heavy atom. The zero-order chi connectivity index (χ0) is 10.7. The van der Waals surface area contributed by atoms with E-state index >= 15 is 0 Å². The van der Waals surface area contributed by atoms with Crippen LogP contribution < -0.4 is 10.1 Å². The van der Waals surface area contributed by atoms with Gasteiger partial charge >= 0.3 is 0 Å². The van der Waals surface area contributed by atoms with Crippen LogP contribution in [0.5, 0.6) is 5.88 Å². The van der Waals surface area contributed by atoms with E-state index in [2.05, 4.69) is 15.3 Å². The largest absolute Gasteiger partial charge is 0.479 e. The van der Waals surface area contributed by atoms with Gasteiger partial charge in [-0.3, -0.25) is 4.79 Å². The molecule has 1 aliphatic heterocycles. The molecule has 1 fully saturated rings. The first-order valence-electron chi connectivity index (χ1n) is 4.95. The maximum Gasteiger partial charge on any atom is 0.243 e. The zero-order valence-corrected chi connectivity index (χ0v) is 8.56. The van der Waals surface area contributed by atoms with Crippen LogP contribution in [0.2, 0.25) is 0 Å². The first kappa shape index (κ1) is 10.0. The number of hydrogen-bond acceptors (Lipinski definition) is 5. The van der Waals surface area contributed by atoms with Gasteiger partial charge in [0.25, 0.3) is 0 Å². The van der Waals surface area contributed by atoms with Crippen molar-refractivity contribution >= 4 is 5.78 Å². The molecule has 1 aliphatic rings. The lowest BCUT2D eigenvalue weighted by Crippen LogP contribution is -2.31. The van der Waals surface area contributed by atoms with Gasteiger partial charge in [-0.2, -0.15) is 0 Å². The molecule has 5 nitrogen and oxygen atoms in total. The van der Waals surface area contributed by atoms with Crippen molar-refractivity contribution in [2.75, 3.05) is 13.7 Å². The highest BCUT2D eigenvalue weighted by Gasteiger charge is 2.26. The van der Waals surface area contributed by atoms with Gasteiger partial charge in [-0.15, -0.1) is 0 Å². The Hall–Kier alpha value is -1.49. The second kappa shape index (κ2) is 4.35. The second-order valence-electron chi connectivity index (χ2n) is 3.43. The maximum atomic E-state index is 12.0. The summed E-state index contributed by atoms with van der Waals surface area (Å²) in [5, 5.41) is 3.13. The molecule has 2 rings (SSSR count). The molecule has 1 saturated heterocycles. The molecule has 0 saturated carbocycles. The number of ketones is 1. The standard InChI is InChI=1S/C10H13N3O2/c1-15-10-8(12-5-6-13-10)9(14)7-3-2-4-11-7/h5-7,11H,2-4H2,1H3. The summed E-state index contributed by atoms with van der Waals surface area (Å²) in [6, 6.07) is -0.129. The number of rotatable bonds is 3. The van der Waals surface area contributed by atoms with Crippen LogP contribution >= 0.6 is 0 Å². The molecular formula is C10H13N3O2. The van der Waals surface area contributed by atoms with E-state index < -0.39 is 0 Å². The highest BCUT2D eigenvalue weighted by atomic mass is 16.5. The van der Waals surface area contributed by atoms with Crippen LogP contribution in [-0.4, -0.2) is 35.4 Å². The third-order valence-corrected chi connectivity index (χ3v) is 2.47. The molecule has 0 aromatic carbocycles. The van der Waals surface area contributed by atoms with E-state index in [0.29, 0.717) is 11.6 Å². The number of ether oxygens (including phenoxy) is 1. The van der Waals surface area contributed by atoms with Crippen molar-refractivity contribution in [2.45, 2.75) is 18.9 Å². The number of aromatic nitrogens is 2. The molecular weight excluding hydrogens is 194 g/mol. The predicted octanol–water partition coefficient (Wildman–Crippen LogP) is 0.420. The Labute approximate surface area is 87.9 Å². The molecule has 0 bridgehead atoms. The summed E-state index contributed by atoms with van der Waals surface area (Å²) in [6.07, 6.45) is 4.90. The summed E-state index contributed by atoms with van der Waals surface area (Å²) in [6.45, 7) is 0.888. The molecule has 0 aliphatic carbocycles. The first-order valence-corrected chi connectivity index (χ1v) is 4.95. The summed E-state index contributed by atoms with van der Waals surface area (Å²) in [5.74, 6) is 0.272. The van der Waals surface area contributed by atoms with Gasteiger partial charge < -0.3 is 10.1 Å². The summed E-state index contributed by atoms with van der Waals surface area (Å²) >= 11 is 0. The monoisotopic (exact) mass is 207 g/mol. The molecule has 2 heterocycles. The van der Waals surface area contributed by atoms with Crippen molar-refractivity contribution in [2.24, 2.45) is 0 Å². The number of nitrogens with zero attached hydrogens (tertiary/aromatic N) is 2. The van der Waals surface area contributed by atoms with Crippen molar-refractivity contribution in [3.63, 3.8) is 0 Å². The molecule has 1 N–H and O–H groups in total. The Bertz CT molecular complexity index is 361. The smallest absolute Gasteiger partial charge is 0.243 e. The minimum Gasteiger partial charge on any atom is -0.479 e. The number of nitrogens with one attached hydrogen (secondary N) is 1. The SMILES string of the molecule is COc1nccnc1C(=O)C1CCCN1. The number of carbonyl (C=O) groups excluding carboxylic acids is 1. The topological polar surface area (TPSA) is 64.1 Å². The van der Waals surface area contributed by atoms with Gasteiger partial charge in [-0.05, 0) is 19.4 Å². The van der Waals surface area contributed by atoms with Crippen LogP contribution in [0.1, 0.15) is 23.3 Å². The normalized spacial score (nSPS) is 20.2. The molecule has 1 aromatic heterocycles. The van der Waals surface area contributed by atoms with Crippen molar-refractivity contribution < 1.29 is 9.53 Å². The lowest BCUT2D eigenvalue weighted by molar-refractivity contribution is 0.0943. The Morgan fingerprint density at radius 1 is 1.53 bits per heavy atom. The molecule has 1 unspecified atom stereocenters. The van der Waals surface area contributed by atoms with Crippen molar-refractivity contribution in [3.05, 3.63) is 18.1 Å². The third-order valence-electron chi connectivity index (χ3n) is 2.47. The summed E-state index contributed by atoms with van der Waals surface area (Å²) in [7, 11) is 1.49. The van der Waals surface area contributed by atoms with Gasteiger partial charge in [0.05, 0.1) is 13.2 Å². The maximum absolute atomic E-state index is 12.0. The Morgan fingerprint density at radius 2 is 2.33 bits per heavy atom. The van der Waals surface area contributed by atoms with Crippen LogP contribution in [0.15, 0.2) is 12.4 Å². The Kier molecular flexibility index (Phi) is 2.91. The minimum absolute atomic E-state index is 0.0301. The van der Waals surface area contributed by atoms with Crippen LogP contribution in [0.4, 0.5) is 0 Å². The van der Waals surface area contributed by atoms with Crippen molar-refractivity contribution in [1.82, 2.24) is 15.3 Å². The van der Waals surface area contributed by atoms with E-state index in [1.807, 2.05) is 0 Å². The number of carbonyl (C=O) groups is 1. The lowest BCUT2D eigenvalue weighted by Gasteiger charge is -2.09. The van der Waals surface area contributed by atoms with E-state index in [9.17, 15) is 4.79 Å². The molecule has 1 aromatic rings. The Balaban J connectivity index is 2.24. The number of hydrogen-bond donors (Lipinski definition) is 1. The zero-order valence-electron chi connectivity index (χ0n) is 8.56. The van der Waals surface area contributed by atoms with Gasteiger partial charge in [-0.25, -0.2) is 9.97 Å². The number of Topliss-reactive ketones (excluding diaryl/α,β-unsaturated/α-hetero) is 1. The average molecular weight is 207 g/mol. The predicted molar refractivity (Wildman–Crippen MR) is 53.9 cm³/mol. The van der Waals surface area contributed by atoms with E-state index in [1.54, 1.807) is 0 Å². The first-order chi connectivity index (χ1) is 7.33. The van der Waals surface area contributed by atoms with Crippen molar-refractivity contribution in [3.8, 4) is 5.88 Å². The van der Waals surface area contributed by atoms with Crippen molar-refractivity contribution in [1.29, 1.82) is 0 Å². The molecule has 80 valence electrons. The van der Waals surface area contributed by atoms with Crippen LogP contribution in [0.3, 0.4) is 0 Å². The van der Waals surface area contributed by atoms with Gasteiger partial charge in [0.1, 0.15) is 0 Å². The van der Waals surface area contributed by atoms with E-state index in [-0.39, 0.29) is 11.8 Å². The van der Waals surface area contributed by atoms with Crippen LogP contribution in [-0.2, 0) is 0 Å². The average Bonchev–Trinajstić information content (AvgIpc) is 2.81. The van der Waals surface area contributed by atoms with Gasteiger partial charge in [0, 0.05) is 12.4 Å². The molecule has 0 spiro atoms. The van der Waals surface area contributed by atoms with Gasteiger partial charge in [-0.1, -0.05) is 0 Å². The third kappa shape index (κ3) is 1.97. The van der Waals surface area contributed by atoms with Gasteiger partial charge in [0.2, 0.25) is 11.7 Å². The van der Waals surface area contributed by atoms with E-state index in [4.69, 9.17) is 4.74 Å². The number of methoxy groups -OCH3 is 1. The van der Waals surface area contributed by atoms with E-state index in [1.165, 1.54) is 19.5 Å².